The van der Waals surface area contributed by atoms with Crippen molar-refractivity contribution < 1.29 is 29.3 Å². The number of β-lactam (4-membered cyclic amide) rings is 1. The molecule has 0 bridgehead atoms. The quantitative estimate of drug-likeness (QED) is 0.265. The molecule has 11 nitrogen and oxygen atoms in total. The summed E-state index contributed by atoms with van der Waals surface area (Å²) in [5.74, 6) is -0.765. The van der Waals surface area contributed by atoms with E-state index in [4.69, 9.17) is 15.6 Å². The summed E-state index contributed by atoms with van der Waals surface area (Å²) in [6, 6.07) is 1.07. The Bertz CT molecular complexity index is 1080. The number of aromatic nitrogens is 3. The maximum absolute atomic E-state index is 12.1. The first kappa shape index (κ1) is 19.5. The zero-order valence-corrected chi connectivity index (χ0v) is 16.6. The summed E-state index contributed by atoms with van der Waals surface area (Å²) >= 11 is 2.72. The molecule has 0 unspecified atom stereocenters. The number of hydrogen-bond donors (Lipinski definition) is 3. The van der Waals surface area contributed by atoms with Gasteiger partial charge < -0.3 is 20.7 Å². The molecule has 4 heterocycles. The van der Waals surface area contributed by atoms with E-state index >= 15 is 0 Å². The fourth-order valence-corrected chi connectivity index (χ4v) is 5.43. The van der Waals surface area contributed by atoms with Crippen LogP contribution in [0.25, 0.3) is 5.65 Å². The third-order valence-electron chi connectivity index (χ3n) is 4.47. The van der Waals surface area contributed by atoms with Crippen LogP contribution in [-0.4, -0.2) is 70.7 Å². The number of carbonyl (C=O) groups is 3. The molecule has 0 radical (unpaired) electrons. The van der Waals surface area contributed by atoms with Crippen LogP contribution in [0.2, 0.25) is 0 Å². The second kappa shape index (κ2) is 7.24. The second-order valence-corrected chi connectivity index (χ2v) is 8.44. The van der Waals surface area contributed by atoms with Gasteiger partial charge in [0.15, 0.2) is 5.65 Å². The number of nitrogens with two attached hydrogens (primary N) is 1. The number of carboxylic acid groups (broad SMARTS) is 2. The monoisotopic (exact) mass is 437 g/mol. The van der Waals surface area contributed by atoms with Gasteiger partial charge in [0.2, 0.25) is 11.8 Å². The molecule has 2 atom stereocenters. The van der Waals surface area contributed by atoms with E-state index in [1.807, 2.05) is 0 Å². The Hall–Kier alpha value is -2.77. The van der Waals surface area contributed by atoms with E-state index in [9.17, 15) is 19.5 Å². The molecule has 2 aliphatic rings. The zero-order chi connectivity index (χ0) is 20.9. The maximum Gasteiger partial charge on any atom is 0.512 e. The third kappa shape index (κ3) is 3.30. The summed E-state index contributed by atoms with van der Waals surface area (Å²) in [7, 11) is 0. The standard InChI is InChI=1S/C16H15N5O6S2/c1-6-2-9(19-11-8(15(23)24)3-18-21(6)11)28-4-7-5-29-14-10(17)12(22)20(14)13(7)27-16(25)26/h2-3,10,14H,4-5,17H2,1H3,(H,23,24)(H,25,26)/t10-,14-/m1/s1. The van der Waals surface area contributed by atoms with Crippen LogP contribution < -0.4 is 5.73 Å². The van der Waals surface area contributed by atoms with Crippen molar-refractivity contribution in [2.45, 2.75) is 23.4 Å². The zero-order valence-electron chi connectivity index (χ0n) is 14.9. The van der Waals surface area contributed by atoms with Gasteiger partial charge in [0.05, 0.1) is 6.20 Å². The molecule has 0 aromatic carbocycles. The minimum absolute atomic E-state index is 0.00572. The molecule has 2 aromatic heterocycles. The molecule has 29 heavy (non-hydrogen) atoms. The van der Waals surface area contributed by atoms with Crippen LogP contribution in [0.5, 0.6) is 0 Å². The van der Waals surface area contributed by atoms with E-state index < -0.39 is 18.2 Å². The fourth-order valence-electron chi connectivity index (χ4n) is 3.08. The number of ether oxygens (including phenoxy) is 1. The van der Waals surface area contributed by atoms with E-state index in [1.165, 1.54) is 39.1 Å². The highest BCUT2D eigenvalue weighted by Gasteiger charge is 2.51. The Morgan fingerprint density at radius 3 is 2.90 bits per heavy atom. The molecule has 4 N–H and O–H groups in total. The van der Waals surface area contributed by atoms with Gasteiger partial charge in [-0.15, -0.1) is 23.5 Å². The van der Waals surface area contributed by atoms with E-state index in [0.717, 1.165) is 0 Å². The van der Waals surface area contributed by atoms with Crippen LogP contribution in [-0.2, 0) is 9.53 Å². The number of hydrogen-bond acceptors (Lipinski definition) is 9. The van der Waals surface area contributed by atoms with E-state index in [0.29, 0.717) is 27.8 Å². The summed E-state index contributed by atoms with van der Waals surface area (Å²) in [6.07, 6.45) is -0.272. The Kier molecular flexibility index (Phi) is 4.88. The number of fused-ring (bicyclic) bond motifs is 2. The summed E-state index contributed by atoms with van der Waals surface area (Å²) in [5.41, 5.74) is 7.29. The largest absolute Gasteiger partial charge is 0.512 e. The summed E-state index contributed by atoms with van der Waals surface area (Å²) in [5, 5.41) is 22.6. The van der Waals surface area contributed by atoms with Crippen LogP contribution in [0.15, 0.2) is 28.7 Å². The topological polar surface area (TPSA) is 160 Å². The smallest absolute Gasteiger partial charge is 0.477 e. The molecule has 0 aliphatic carbocycles. The van der Waals surface area contributed by atoms with Gasteiger partial charge in [-0.3, -0.25) is 9.69 Å². The summed E-state index contributed by atoms with van der Waals surface area (Å²) in [6.45, 7) is 1.77. The lowest BCUT2D eigenvalue weighted by Gasteiger charge is -2.47. The van der Waals surface area contributed by atoms with Crippen molar-refractivity contribution in [2.75, 3.05) is 11.5 Å². The third-order valence-corrected chi connectivity index (χ3v) is 6.83. The van der Waals surface area contributed by atoms with Crippen LogP contribution >= 0.6 is 23.5 Å². The number of thioether (sulfide) groups is 2. The molecule has 2 aromatic rings. The highest BCUT2D eigenvalue weighted by Crippen LogP contribution is 2.41. The Morgan fingerprint density at radius 2 is 2.21 bits per heavy atom. The highest BCUT2D eigenvalue weighted by atomic mass is 32.2. The Labute approximate surface area is 171 Å². The molecule has 152 valence electrons. The van der Waals surface area contributed by atoms with Gasteiger partial charge in [0.1, 0.15) is 22.0 Å². The lowest BCUT2D eigenvalue weighted by Crippen LogP contribution is -2.68. The van der Waals surface area contributed by atoms with Crippen molar-refractivity contribution >= 4 is 47.2 Å². The van der Waals surface area contributed by atoms with E-state index in [1.54, 1.807) is 13.0 Å². The predicted octanol–water partition coefficient (Wildman–Crippen LogP) is 0.977. The number of carbonyl (C=O) groups excluding carboxylic acids is 1. The average Bonchev–Trinajstić information content (AvgIpc) is 3.10. The van der Waals surface area contributed by atoms with E-state index in [-0.39, 0.29) is 28.4 Å². The number of aryl methyl sites for hydroxylation is 1. The van der Waals surface area contributed by atoms with Crippen molar-refractivity contribution in [1.29, 1.82) is 0 Å². The Balaban J connectivity index is 1.62. The van der Waals surface area contributed by atoms with Crippen LogP contribution in [0, 0.1) is 6.92 Å². The lowest BCUT2D eigenvalue weighted by molar-refractivity contribution is -0.144. The number of amides is 1. The summed E-state index contributed by atoms with van der Waals surface area (Å²) in [4.78, 5) is 40.1. The first-order chi connectivity index (χ1) is 13.8. The predicted molar refractivity (Wildman–Crippen MR) is 103 cm³/mol. The molecule has 1 fully saturated rings. The normalized spacial score (nSPS) is 21.2. The number of rotatable bonds is 5. The number of carboxylic acids is 1. The second-order valence-electron chi connectivity index (χ2n) is 6.34. The molecule has 13 heteroatoms. The number of nitrogens with zero attached hydrogens (tertiary/aromatic N) is 4. The van der Waals surface area contributed by atoms with Gasteiger partial charge >= 0.3 is 12.1 Å². The number of aromatic carboxylic acids is 1. The molecule has 1 saturated heterocycles. The van der Waals surface area contributed by atoms with Gasteiger partial charge in [-0.2, -0.15) is 5.10 Å². The van der Waals surface area contributed by atoms with Crippen LogP contribution in [0.4, 0.5) is 4.79 Å². The van der Waals surface area contributed by atoms with Gasteiger partial charge in [-0.25, -0.2) is 19.1 Å². The minimum atomic E-state index is -1.51. The fraction of sp³-hybridized carbons (Fsp3) is 0.312. The SMILES string of the molecule is Cc1cc(SCC2=C(OC(=O)O)N3C(=O)[C@@H](N)[C@H]3SC2)nc2c(C(=O)O)cnn12. The molecular formula is C16H15N5O6S2. The summed E-state index contributed by atoms with van der Waals surface area (Å²) < 4.78 is 6.32. The van der Waals surface area contributed by atoms with E-state index in [2.05, 4.69) is 10.1 Å². The average molecular weight is 437 g/mol. The molecule has 0 saturated carbocycles. The van der Waals surface area contributed by atoms with Crippen molar-refractivity contribution in [1.82, 2.24) is 19.5 Å². The lowest BCUT2D eigenvalue weighted by atomic mass is 10.1. The van der Waals surface area contributed by atoms with Crippen molar-refractivity contribution in [3.63, 3.8) is 0 Å². The maximum atomic E-state index is 12.1. The van der Waals surface area contributed by atoms with Crippen molar-refractivity contribution in [3.05, 3.63) is 35.0 Å². The van der Waals surface area contributed by atoms with Gasteiger partial charge in [-0.1, -0.05) is 0 Å². The van der Waals surface area contributed by atoms with Crippen LogP contribution in [0.3, 0.4) is 0 Å². The highest BCUT2D eigenvalue weighted by molar-refractivity contribution is 8.01. The molecular weight excluding hydrogens is 422 g/mol. The first-order valence-electron chi connectivity index (χ1n) is 8.32. The Morgan fingerprint density at radius 1 is 1.45 bits per heavy atom. The molecule has 1 amide bonds. The van der Waals surface area contributed by atoms with Gasteiger partial charge in [0, 0.05) is 22.8 Å². The molecule has 2 aliphatic heterocycles. The van der Waals surface area contributed by atoms with Crippen molar-refractivity contribution in [2.24, 2.45) is 5.73 Å². The van der Waals surface area contributed by atoms with Gasteiger partial charge in [-0.05, 0) is 13.0 Å². The van der Waals surface area contributed by atoms with Crippen molar-refractivity contribution in [3.8, 4) is 0 Å². The molecule has 0 spiro atoms. The molecule has 4 rings (SSSR count). The minimum Gasteiger partial charge on any atom is -0.477 e. The first-order valence-corrected chi connectivity index (χ1v) is 10.4. The van der Waals surface area contributed by atoms with Crippen LogP contribution in [0.1, 0.15) is 16.1 Å². The van der Waals surface area contributed by atoms with Gasteiger partial charge in [0.25, 0.3) is 0 Å².